The third kappa shape index (κ3) is 3.47. The summed E-state index contributed by atoms with van der Waals surface area (Å²) < 4.78 is 0. The highest BCUT2D eigenvalue weighted by atomic mass is 35.5. The van der Waals surface area contributed by atoms with E-state index in [0.717, 1.165) is 25.1 Å². The number of carbonyl (C=O) groups excluding carboxylic acids is 1. The monoisotopic (exact) mass is 342 g/mol. The van der Waals surface area contributed by atoms with E-state index in [1.54, 1.807) is 0 Å². The fourth-order valence-electron chi connectivity index (χ4n) is 3.75. The van der Waals surface area contributed by atoms with E-state index in [1.807, 2.05) is 6.07 Å². The molecule has 2 aromatic carbocycles. The third-order valence-electron chi connectivity index (χ3n) is 4.96. The number of fused-ring (bicyclic) bond motifs is 3. The number of anilines is 1. The number of benzene rings is 2. The van der Waals surface area contributed by atoms with Gasteiger partial charge in [0, 0.05) is 18.2 Å². The summed E-state index contributed by atoms with van der Waals surface area (Å²) in [6, 6.07) is 15.3. The molecule has 1 heterocycles. The van der Waals surface area contributed by atoms with Crippen LogP contribution in [0.3, 0.4) is 0 Å². The highest BCUT2D eigenvalue weighted by molar-refractivity contribution is 5.91. The Kier molecular flexibility index (Phi) is 5.22. The summed E-state index contributed by atoms with van der Waals surface area (Å²) in [7, 11) is 0. The molecule has 24 heavy (non-hydrogen) atoms. The summed E-state index contributed by atoms with van der Waals surface area (Å²) in [5, 5.41) is 6.50. The number of rotatable bonds is 4. The Bertz CT molecular complexity index is 738. The van der Waals surface area contributed by atoms with Gasteiger partial charge in [0.25, 0.3) is 0 Å². The minimum Gasteiger partial charge on any atom is -0.326 e. The lowest BCUT2D eigenvalue weighted by molar-refractivity contribution is -0.116. The Hall–Kier alpha value is -1.84. The third-order valence-corrected chi connectivity index (χ3v) is 4.96. The van der Waals surface area contributed by atoms with Crippen molar-refractivity contribution in [2.75, 3.05) is 11.9 Å². The minimum atomic E-state index is 0. The number of halogens is 1. The van der Waals surface area contributed by atoms with E-state index in [1.165, 1.54) is 35.1 Å². The van der Waals surface area contributed by atoms with Crippen LogP contribution in [0.5, 0.6) is 0 Å². The van der Waals surface area contributed by atoms with Crippen LogP contribution in [0.15, 0.2) is 42.5 Å². The second kappa shape index (κ2) is 7.37. The van der Waals surface area contributed by atoms with E-state index >= 15 is 0 Å². The topological polar surface area (TPSA) is 41.1 Å². The molecule has 0 bridgehead atoms. The molecule has 1 fully saturated rings. The van der Waals surface area contributed by atoms with Gasteiger partial charge in [-0.05, 0) is 66.6 Å². The Labute approximate surface area is 149 Å². The first-order chi connectivity index (χ1) is 11.3. The zero-order valence-electron chi connectivity index (χ0n) is 13.7. The average molecular weight is 343 g/mol. The van der Waals surface area contributed by atoms with Crippen LogP contribution in [0.4, 0.5) is 5.69 Å². The van der Waals surface area contributed by atoms with Gasteiger partial charge in [0.15, 0.2) is 0 Å². The van der Waals surface area contributed by atoms with E-state index < -0.39 is 0 Å². The van der Waals surface area contributed by atoms with E-state index in [2.05, 4.69) is 47.0 Å². The Morgan fingerprint density at radius 2 is 1.96 bits per heavy atom. The molecular formula is C20H23ClN2O. The van der Waals surface area contributed by atoms with Gasteiger partial charge < -0.3 is 10.6 Å². The number of nitrogens with one attached hydrogen (secondary N) is 2. The van der Waals surface area contributed by atoms with Crippen molar-refractivity contribution < 1.29 is 4.79 Å². The molecule has 4 heteroatoms. The van der Waals surface area contributed by atoms with Crippen LogP contribution in [0.2, 0.25) is 0 Å². The minimum absolute atomic E-state index is 0. The molecule has 4 rings (SSSR count). The SMILES string of the molecule is Cl.O=C(CCC1CCCN1)Nc1ccc2c(c1)Cc1ccccc1-2. The van der Waals surface area contributed by atoms with Gasteiger partial charge in [-0.2, -0.15) is 0 Å². The number of amides is 1. The van der Waals surface area contributed by atoms with Gasteiger partial charge in [-0.25, -0.2) is 0 Å². The van der Waals surface area contributed by atoms with Crippen LogP contribution in [0.25, 0.3) is 11.1 Å². The quantitative estimate of drug-likeness (QED) is 0.747. The van der Waals surface area contributed by atoms with Crippen LogP contribution in [0, 0.1) is 0 Å². The smallest absolute Gasteiger partial charge is 0.224 e. The summed E-state index contributed by atoms with van der Waals surface area (Å²) in [5.74, 6) is 0.120. The number of carbonyl (C=O) groups is 1. The van der Waals surface area contributed by atoms with Crippen molar-refractivity contribution >= 4 is 24.0 Å². The van der Waals surface area contributed by atoms with Gasteiger partial charge in [0.2, 0.25) is 5.91 Å². The lowest BCUT2D eigenvalue weighted by atomic mass is 10.1. The Morgan fingerprint density at radius 3 is 2.79 bits per heavy atom. The fraction of sp³-hybridized carbons (Fsp3) is 0.350. The van der Waals surface area contributed by atoms with Gasteiger partial charge in [-0.3, -0.25) is 4.79 Å². The zero-order chi connectivity index (χ0) is 15.6. The average Bonchev–Trinajstić information content (AvgIpc) is 3.20. The molecular weight excluding hydrogens is 320 g/mol. The number of hydrogen-bond acceptors (Lipinski definition) is 2. The van der Waals surface area contributed by atoms with E-state index in [0.29, 0.717) is 12.5 Å². The maximum atomic E-state index is 12.1. The predicted octanol–water partition coefficient (Wildman–Crippen LogP) is 4.15. The lowest BCUT2D eigenvalue weighted by Gasteiger charge is -2.11. The van der Waals surface area contributed by atoms with Crippen molar-refractivity contribution in [1.82, 2.24) is 5.32 Å². The molecule has 0 saturated carbocycles. The maximum absolute atomic E-state index is 12.1. The van der Waals surface area contributed by atoms with Crippen molar-refractivity contribution in [3.63, 3.8) is 0 Å². The van der Waals surface area contributed by atoms with Crippen molar-refractivity contribution in [3.8, 4) is 11.1 Å². The van der Waals surface area contributed by atoms with E-state index in [4.69, 9.17) is 0 Å². The fourth-order valence-corrected chi connectivity index (χ4v) is 3.75. The van der Waals surface area contributed by atoms with E-state index in [-0.39, 0.29) is 18.3 Å². The zero-order valence-corrected chi connectivity index (χ0v) is 14.5. The summed E-state index contributed by atoms with van der Waals surface area (Å²) in [4.78, 5) is 12.1. The standard InChI is InChI=1S/C20H22N2O.ClH/c23-20(10-8-16-5-3-11-21-16)22-17-7-9-19-15(13-17)12-14-4-1-2-6-18(14)19;/h1-2,4,6-7,9,13,16,21H,3,5,8,10-12H2,(H,22,23);1H. The molecule has 0 aromatic heterocycles. The lowest BCUT2D eigenvalue weighted by Crippen LogP contribution is -2.23. The van der Waals surface area contributed by atoms with Gasteiger partial charge >= 0.3 is 0 Å². The van der Waals surface area contributed by atoms with Crippen LogP contribution >= 0.6 is 12.4 Å². The van der Waals surface area contributed by atoms with Gasteiger partial charge in [-0.15, -0.1) is 12.4 Å². The molecule has 2 N–H and O–H groups in total. The van der Waals surface area contributed by atoms with Crippen molar-refractivity contribution in [2.24, 2.45) is 0 Å². The van der Waals surface area contributed by atoms with Gasteiger partial charge in [0.1, 0.15) is 0 Å². The summed E-state index contributed by atoms with van der Waals surface area (Å²) >= 11 is 0. The second-order valence-electron chi connectivity index (χ2n) is 6.59. The molecule has 1 aliphatic heterocycles. The van der Waals surface area contributed by atoms with Crippen LogP contribution in [-0.4, -0.2) is 18.5 Å². The van der Waals surface area contributed by atoms with Crippen molar-refractivity contribution in [3.05, 3.63) is 53.6 Å². The first-order valence-electron chi connectivity index (χ1n) is 8.54. The predicted molar refractivity (Wildman–Crippen MR) is 101 cm³/mol. The molecule has 1 atom stereocenters. The van der Waals surface area contributed by atoms with Crippen LogP contribution in [0.1, 0.15) is 36.8 Å². The summed E-state index contributed by atoms with van der Waals surface area (Å²) in [5.41, 5.74) is 6.22. The molecule has 0 radical (unpaired) electrons. The van der Waals surface area contributed by atoms with Crippen LogP contribution < -0.4 is 10.6 Å². The molecule has 2 aliphatic rings. The molecule has 1 amide bonds. The summed E-state index contributed by atoms with van der Waals surface area (Å²) in [6.45, 7) is 1.09. The largest absolute Gasteiger partial charge is 0.326 e. The molecule has 1 unspecified atom stereocenters. The Morgan fingerprint density at radius 1 is 1.12 bits per heavy atom. The van der Waals surface area contributed by atoms with Gasteiger partial charge in [-0.1, -0.05) is 30.3 Å². The molecule has 126 valence electrons. The maximum Gasteiger partial charge on any atom is 0.224 e. The normalized spacial score (nSPS) is 17.8. The molecule has 2 aromatic rings. The van der Waals surface area contributed by atoms with Crippen molar-refractivity contribution in [1.29, 1.82) is 0 Å². The van der Waals surface area contributed by atoms with E-state index in [9.17, 15) is 4.79 Å². The molecule has 1 saturated heterocycles. The summed E-state index contributed by atoms with van der Waals surface area (Å²) in [6.07, 6.45) is 4.92. The first-order valence-corrected chi connectivity index (χ1v) is 8.54. The first kappa shape index (κ1) is 17.0. The van der Waals surface area contributed by atoms with Crippen LogP contribution in [-0.2, 0) is 11.2 Å². The molecule has 3 nitrogen and oxygen atoms in total. The number of hydrogen-bond donors (Lipinski definition) is 2. The van der Waals surface area contributed by atoms with Crippen molar-refractivity contribution in [2.45, 2.75) is 38.1 Å². The molecule has 0 spiro atoms. The Balaban J connectivity index is 0.00000169. The highest BCUT2D eigenvalue weighted by Crippen LogP contribution is 2.37. The molecule has 1 aliphatic carbocycles. The second-order valence-corrected chi connectivity index (χ2v) is 6.59. The highest BCUT2D eigenvalue weighted by Gasteiger charge is 2.19. The van der Waals surface area contributed by atoms with Gasteiger partial charge in [0.05, 0.1) is 0 Å².